The van der Waals surface area contributed by atoms with Crippen LogP contribution in [0.4, 0.5) is 0 Å². The Labute approximate surface area is 100 Å². The van der Waals surface area contributed by atoms with Crippen molar-refractivity contribution in [3.05, 3.63) is 20.8 Å². The van der Waals surface area contributed by atoms with E-state index in [9.17, 15) is 4.79 Å². The van der Waals surface area contributed by atoms with Crippen molar-refractivity contribution in [1.29, 1.82) is 0 Å². The fraction of sp³-hybridized carbons (Fsp3) is 0.444. The molecule has 0 saturated heterocycles. The van der Waals surface area contributed by atoms with Gasteiger partial charge in [0, 0.05) is 6.92 Å². The van der Waals surface area contributed by atoms with E-state index < -0.39 is 12.0 Å². The van der Waals surface area contributed by atoms with Gasteiger partial charge in [-0.1, -0.05) is 0 Å². The number of Topliss-reactive ketones (excluding diaryl/α,β-unsaturated/α-hetero) is 1. The molecule has 84 valence electrons. The molecule has 3 N–H and O–H groups in total. The van der Waals surface area contributed by atoms with Crippen molar-refractivity contribution in [2.45, 2.75) is 25.8 Å². The quantitative estimate of drug-likeness (QED) is 0.579. The summed E-state index contributed by atoms with van der Waals surface area (Å²) in [4.78, 5) is 12.3. The molecule has 0 fully saturated rings. The predicted octanol–water partition coefficient (Wildman–Crippen LogP) is 1.33. The van der Waals surface area contributed by atoms with E-state index in [0.29, 0.717) is 4.88 Å². The lowest BCUT2D eigenvalue weighted by molar-refractivity contribution is -0.172. The summed E-state index contributed by atoms with van der Waals surface area (Å²) in [6, 6.07) is 2.83. The van der Waals surface area contributed by atoms with Crippen molar-refractivity contribution in [1.82, 2.24) is 5.32 Å². The highest BCUT2D eigenvalue weighted by molar-refractivity contribution is 9.11. The molecule has 0 aliphatic carbocycles. The average molecular weight is 294 g/mol. The summed E-state index contributed by atoms with van der Waals surface area (Å²) in [5.41, 5.74) is 0. The summed E-state index contributed by atoms with van der Waals surface area (Å²) in [6.45, 7) is 2.75. The number of carbonyl (C=O) groups excluding carboxylic acids is 1. The van der Waals surface area contributed by atoms with Crippen molar-refractivity contribution in [3.8, 4) is 0 Å². The number of aliphatic hydroxyl groups is 2. The van der Waals surface area contributed by atoms with Crippen LogP contribution in [-0.4, -0.2) is 27.9 Å². The Hall–Kier alpha value is -0.270. The normalized spacial score (nSPS) is 13.9. The first-order valence-electron chi connectivity index (χ1n) is 4.31. The van der Waals surface area contributed by atoms with E-state index in [-0.39, 0.29) is 5.78 Å². The van der Waals surface area contributed by atoms with Crippen LogP contribution >= 0.6 is 27.3 Å². The lowest BCUT2D eigenvalue weighted by atomic mass is 10.2. The van der Waals surface area contributed by atoms with Gasteiger partial charge < -0.3 is 10.2 Å². The molecule has 1 aromatic rings. The average Bonchev–Trinajstić information content (AvgIpc) is 2.47. The van der Waals surface area contributed by atoms with Crippen molar-refractivity contribution in [2.75, 3.05) is 0 Å². The molecule has 6 heteroatoms. The fourth-order valence-corrected chi connectivity index (χ4v) is 2.55. The van der Waals surface area contributed by atoms with E-state index in [2.05, 4.69) is 21.2 Å². The van der Waals surface area contributed by atoms with Crippen LogP contribution in [0, 0.1) is 0 Å². The Bertz CT molecular complexity index is 358. The van der Waals surface area contributed by atoms with Crippen molar-refractivity contribution < 1.29 is 15.0 Å². The third-order valence-electron chi connectivity index (χ3n) is 1.70. The number of rotatable bonds is 4. The molecule has 1 atom stereocenters. The Kier molecular flexibility index (Phi) is 4.02. The fourth-order valence-electron chi connectivity index (χ4n) is 1.14. The summed E-state index contributed by atoms with van der Waals surface area (Å²) in [5.74, 6) is -2.20. The van der Waals surface area contributed by atoms with Crippen molar-refractivity contribution >= 4 is 33.0 Å². The molecule has 0 spiro atoms. The molecule has 1 aromatic heterocycles. The number of ketones is 1. The van der Waals surface area contributed by atoms with E-state index in [1.165, 1.54) is 18.3 Å². The van der Waals surface area contributed by atoms with Crippen LogP contribution in [0.1, 0.15) is 23.5 Å². The number of hydrogen-bond donors (Lipinski definition) is 3. The summed E-state index contributed by atoms with van der Waals surface area (Å²) in [7, 11) is 0. The van der Waals surface area contributed by atoms with Gasteiger partial charge in [-0.25, -0.2) is 0 Å². The molecular formula is C9H12BrNO3S. The Morgan fingerprint density at radius 1 is 1.60 bits per heavy atom. The van der Waals surface area contributed by atoms with Gasteiger partial charge in [0.2, 0.25) is 5.91 Å². The summed E-state index contributed by atoms with van der Waals surface area (Å²) in [6.07, 6.45) is 0. The lowest BCUT2D eigenvalue weighted by Gasteiger charge is -2.21. The van der Waals surface area contributed by atoms with Gasteiger partial charge in [0.15, 0.2) is 5.78 Å². The molecule has 0 aromatic carbocycles. The van der Waals surface area contributed by atoms with Crippen LogP contribution in [0.2, 0.25) is 0 Å². The smallest absolute Gasteiger partial charge is 0.219 e. The van der Waals surface area contributed by atoms with Crippen LogP contribution in [0.15, 0.2) is 15.9 Å². The highest BCUT2D eigenvalue weighted by Crippen LogP contribution is 2.23. The number of nitrogens with one attached hydrogen (secondary N) is 1. The minimum absolute atomic E-state index is 0.167. The maximum absolute atomic E-state index is 11.7. The van der Waals surface area contributed by atoms with Crippen LogP contribution in [0.3, 0.4) is 0 Å². The second-order valence-corrected chi connectivity index (χ2v) is 5.82. The minimum atomic E-state index is -2.04. The highest BCUT2D eigenvalue weighted by Gasteiger charge is 2.24. The first-order chi connectivity index (χ1) is 6.79. The third kappa shape index (κ3) is 4.00. The predicted molar refractivity (Wildman–Crippen MR) is 61.8 cm³/mol. The SMILES string of the molecule is CC(NC(C)(O)O)C(=O)c1ccc(Br)s1. The van der Waals surface area contributed by atoms with Crippen LogP contribution in [-0.2, 0) is 0 Å². The Morgan fingerprint density at radius 2 is 2.20 bits per heavy atom. The zero-order chi connectivity index (χ0) is 11.6. The maximum atomic E-state index is 11.7. The Morgan fingerprint density at radius 3 is 2.60 bits per heavy atom. The zero-order valence-electron chi connectivity index (χ0n) is 8.32. The molecular weight excluding hydrogens is 282 g/mol. The van der Waals surface area contributed by atoms with Crippen LogP contribution < -0.4 is 5.32 Å². The van der Waals surface area contributed by atoms with Gasteiger partial charge in [-0.2, -0.15) is 0 Å². The van der Waals surface area contributed by atoms with Crippen molar-refractivity contribution in [3.63, 3.8) is 0 Å². The standard InChI is InChI=1S/C9H12BrNO3S/c1-5(11-9(2,13)14)8(12)6-3-4-7(10)15-6/h3-5,11,13-14H,1-2H3. The third-order valence-corrected chi connectivity index (χ3v) is 3.34. The molecule has 0 aliphatic heterocycles. The topological polar surface area (TPSA) is 69.6 Å². The van der Waals surface area contributed by atoms with Crippen LogP contribution in [0.5, 0.6) is 0 Å². The first-order valence-corrected chi connectivity index (χ1v) is 5.92. The highest BCUT2D eigenvalue weighted by atomic mass is 79.9. The number of halogens is 1. The lowest BCUT2D eigenvalue weighted by Crippen LogP contribution is -2.49. The molecule has 0 amide bonds. The molecule has 1 heterocycles. The molecule has 0 aliphatic rings. The molecule has 0 radical (unpaired) electrons. The zero-order valence-corrected chi connectivity index (χ0v) is 10.7. The first kappa shape index (κ1) is 12.8. The summed E-state index contributed by atoms with van der Waals surface area (Å²) in [5, 5.41) is 20.5. The van der Waals surface area contributed by atoms with Gasteiger partial charge in [0.25, 0.3) is 0 Å². The molecule has 15 heavy (non-hydrogen) atoms. The van der Waals surface area contributed by atoms with Crippen LogP contribution in [0.25, 0.3) is 0 Å². The van der Waals surface area contributed by atoms with Gasteiger partial charge in [-0.15, -0.1) is 11.3 Å². The van der Waals surface area contributed by atoms with E-state index >= 15 is 0 Å². The molecule has 4 nitrogen and oxygen atoms in total. The second kappa shape index (κ2) is 4.71. The Balaban J connectivity index is 2.69. The number of hydrogen-bond acceptors (Lipinski definition) is 5. The van der Waals surface area contributed by atoms with E-state index in [1.54, 1.807) is 19.1 Å². The van der Waals surface area contributed by atoms with Gasteiger partial charge >= 0.3 is 0 Å². The largest absolute Gasteiger partial charge is 0.354 e. The second-order valence-electron chi connectivity index (χ2n) is 3.35. The van der Waals surface area contributed by atoms with Gasteiger partial charge in [-0.05, 0) is 35.0 Å². The summed E-state index contributed by atoms with van der Waals surface area (Å²) < 4.78 is 0.869. The van der Waals surface area contributed by atoms with Crippen molar-refractivity contribution in [2.24, 2.45) is 0 Å². The van der Waals surface area contributed by atoms with E-state index in [4.69, 9.17) is 10.2 Å². The maximum Gasteiger partial charge on any atom is 0.219 e. The van der Waals surface area contributed by atoms with Gasteiger partial charge in [-0.3, -0.25) is 10.1 Å². The molecule has 0 saturated carbocycles. The molecule has 0 bridgehead atoms. The van der Waals surface area contributed by atoms with E-state index in [1.807, 2.05) is 0 Å². The monoisotopic (exact) mass is 293 g/mol. The number of carbonyl (C=O) groups is 1. The van der Waals surface area contributed by atoms with Gasteiger partial charge in [0.05, 0.1) is 14.7 Å². The summed E-state index contributed by atoms with van der Waals surface area (Å²) >= 11 is 4.57. The van der Waals surface area contributed by atoms with E-state index in [0.717, 1.165) is 3.79 Å². The minimum Gasteiger partial charge on any atom is -0.354 e. The number of thiophene rings is 1. The molecule has 1 rings (SSSR count). The molecule has 1 unspecified atom stereocenters. The van der Waals surface area contributed by atoms with Gasteiger partial charge in [0.1, 0.15) is 0 Å².